The van der Waals surface area contributed by atoms with Gasteiger partial charge in [-0.25, -0.2) is 0 Å². The molecule has 25 heavy (non-hydrogen) atoms. The van der Waals surface area contributed by atoms with Crippen LogP contribution in [-0.4, -0.2) is 49.5 Å². The number of hydrogen-bond acceptors (Lipinski definition) is 4. The molecule has 2 amide bonds. The molecule has 1 fully saturated rings. The van der Waals surface area contributed by atoms with E-state index in [0.717, 1.165) is 36.3 Å². The molecule has 138 valence electrons. The number of nitrogens with zero attached hydrogens (tertiary/aromatic N) is 1. The van der Waals surface area contributed by atoms with E-state index in [1.165, 1.54) is 5.56 Å². The lowest BCUT2D eigenvalue weighted by Gasteiger charge is -2.30. The van der Waals surface area contributed by atoms with Crippen LogP contribution in [0.25, 0.3) is 0 Å². The Morgan fingerprint density at radius 2 is 1.96 bits per heavy atom. The first-order valence-corrected chi connectivity index (χ1v) is 8.86. The predicted molar refractivity (Wildman–Crippen MR) is 97.5 cm³/mol. The number of aryl methyl sites for hydroxylation is 3. The van der Waals surface area contributed by atoms with E-state index in [9.17, 15) is 9.59 Å². The number of amides is 2. The number of carbonyl (C=O) groups is 2. The van der Waals surface area contributed by atoms with Gasteiger partial charge < -0.3 is 15.8 Å². The summed E-state index contributed by atoms with van der Waals surface area (Å²) in [5.41, 5.74) is 8.67. The van der Waals surface area contributed by atoms with Crippen LogP contribution in [0.3, 0.4) is 0 Å². The molecule has 0 bridgehead atoms. The molecule has 0 radical (unpaired) electrons. The number of primary amides is 1. The number of ether oxygens (including phenoxy) is 1. The number of rotatable bonds is 7. The van der Waals surface area contributed by atoms with Crippen molar-refractivity contribution in [3.8, 4) is 5.75 Å². The highest BCUT2D eigenvalue weighted by atomic mass is 16.5. The summed E-state index contributed by atoms with van der Waals surface area (Å²) >= 11 is 0. The molecule has 3 N–H and O–H groups in total. The lowest BCUT2D eigenvalue weighted by molar-refractivity contribution is -0.128. The number of piperidine rings is 1. The average molecular weight is 347 g/mol. The zero-order chi connectivity index (χ0) is 18.4. The van der Waals surface area contributed by atoms with Gasteiger partial charge >= 0.3 is 0 Å². The molecule has 0 aromatic heterocycles. The summed E-state index contributed by atoms with van der Waals surface area (Å²) in [6, 6.07) is 4.19. The van der Waals surface area contributed by atoms with Crippen LogP contribution in [0.2, 0.25) is 0 Å². The quantitative estimate of drug-likeness (QED) is 0.728. The fourth-order valence-corrected chi connectivity index (χ4v) is 3.50. The van der Waals surface area contributed by atoms with Crippen LogP contribution >= 0.6 is 0 Å². The zero-order valence-corrected chi connectivity index (χ0v) is 15.4. The molecule has 0 spiro atoms. The first-order valence-electron chi connectivity index (χ1n) is 8.86. The van der Waals surface area contributed by atoms with Crippen molar-refractivity contribution < 1.29 is 14.3 Å². The van der Waals surface area contributed by atoms with Crippen molar-refractivity contribution in [3.05, 3.63) is 28.8 Å². The molecule has 1 aromatic carbocycles. The number of benzene rings is 1. The van der Waals surface area contributed by atoms with Gasteiger partial charge in [0, 0.05) is 6.54 Å². The highest BCUT2D eigenvalue weighted by Gasteiger charge is 2.26. The largest absolute Gasteiger partial charge is 0.491 e. The number of hydrogen-bond donors (Lipinski definition) is 2. The van der Waals surface area contributed by atoms with Gasteiger partial charge in [-0.3, -0.25) is 14.5 Å². The van der Waals surface area contributed by atoms with E-state index in [1.807, 2.05) is 18.7 Å². The van der Waals surface area contributed by atoms with Crippen LogP contribution in [0.15, 0.2) is 12.1 Å². The van der Waals surface area contributed by atoms with Crippen molar-refractivity contribution >= 4 is 11.8 Å². The molecule has 1 unspecified atom stereocenters. The molecule has 1 aliphatic rings. The van der Waals surface area contributed by atoms with Crippen molar-refractivity contribution in [2.45, 2.75) is 33.6 Å². The molecular formula is C19H29N3O3. The van der Waals surface area contributed by atoms with E-state index >= 15 is 0 Å². The highest BCUT2D eigenvalue weighted by molar-refractivity contribution is 5.79. The molecule has 1 aromatic rings. The Bertz CT molecular complexity index is 607. The fourth-order valence-electron chi connectivity index (χ4n) is 3.50. The maximum absolute atomic E-state index is 12.3. The maximum atomic E-state index is 12.3. The smallest absolute Gasteiger partial charge is 0.231 e. The van der Waals surface area contributed by atoms with E-state index in [2.05, 4.69) is 24.4 Å². The Kier molecular flexibility index (Phi) is 6.82. The molecule has 2 rings (SSSR count). The normalized spacial score (nSPS) is 18.0. The first kappa shape index (κ1) is 19.2. The summed E-state index contributed by atoms with van der Waals surface area (Å²) in [5, 5.41) is 2.94. The summed E-state index contributed by atoms with van der Waals surface area (Å²) in [7, 11) is 0. The lowest BCUT2D eigenvalue weighted by atomic mass is 9.97. The van der Waals surface area contributed by atoms with Crippen molar-refractivity contribution in [1.29, 1.82) is 0 Å². The van der Waals surface area contributed by atoms with E-state index < -0.39 is 0 Å². The van der Waals surface area contributed by atoms with Crippen LogP contribution in [0.4, 0.5) is 0 Å². The molecule has 6 heteroatoms. The average Bonchev–Trinajstić information content (AvgIpc) is 2.52. The molecule has 1 saturated heterocycles. The Morgan fingerprint density at radius 1 is 1.28 bits per heavy atom. The van der Waals surface area contributed by atoms with Crippen LogP contribution < -0.4 is 15.8 Å². The third-order valence-corrected chi connectivity index (χ3v) is 4.51. The predicted octanol–water partition coefficient (Wildman–Crippen LogP) is 1.30. The van der Waals surface area contributed by atoms with E-state index in [1.54, 1.807) is 0 Å². The van der Waals surface area contributed by atoms with E-state index in [-0.39, 0.29) is 24.3 Å². The van der Waals surface area contributed by atoms with E-state index in [0.29, 0.717) is 19.7 Å². The minimum atomic E-state index is -0.349. The molecule has 0 aliphatic carbocycles. The van der Waals surface area contributed by atoms with Gasteiger partial charge in [0.2, 0.25) is 11.8 Å². The van der Waals surface area contributed by atoms with Gasteiger partial charge in [-0.15, -0.1) is 0 Å². The van der Waals surface area contributed by atoms with Crippen molar-refractivity contribution in [3.63, 3.8) is 0 Å². The van der Waals surface area contributed by atoms with Gasteiger partial charge in [-0.1, -0.05) is 17.7 Å². The Morgan fingerprint density at radius 3 is 2.60 bits per heavy atom. The second-order valence-electron chi connectivity index (χ2n) is 6.91. The Labute approximate surface area is 149 Å². The molecule has 6 nitrogen and oxygen atoms in total. The van der Waals surface area contributed by atoms with Crippen molar-refractivity contribution in [2.24, 2.45) is 11.7 Å². The van der Waals surface area contributed by atoms with Crippen LogP contribution in [0, 0.1) is 26.7 Å². The standard InChI is InChI=1S/C19H29N3O3/c1-13-9-14(2)18(15(3)10-13)25-8-6-21-19(24)16-5-4-7-22(11-16)12-17(20)23/h9-10,16H,4-8,11-12H2,1-3H3,(H2,20,23)(H,21,24). The van der Waals surface area contributed by atoms with Crippen molar-refractivity contribution in [2.75, 3.05) is 32.8 Å². The van der Waals surface area contributed by atoms with Gasteiger partial charge in [0.1, 0.15) is 12.4 Å². The third-order valence-electron chi connectivity index (χ3n) is 4.51. The Hall–Kier alpha value is -2.08. The Balaban J connectivity index is 1.76. The van der Waals surface area contributed by atoms with Crippen LogP contribution in [-0.2, 0) is 9.59 Å². The second-order valence-corrected chi connectivity index (χ2v) is 6.91. The number of nitrogens with one attached hydrogen (secondary N) is 1. The third kappa shape index (κ3) is 5.74. The lowest BCUT2D eigenvalue weighted by Crippen LogP contribution is -2.46. The summed E-state index contributed by atoms with van der Waals surface area (Å²) in [4.78, 5) is 25.3. The highest BCUT2D eigenvalue weighted by Crippen LogP contribution is 2.24. The van der Waals surface area contributed by atoms with Gasteiger partial charge in [0.15, 0.2) is 0 Å². The molecule has 1 aliphatic heterocycles. The fraction of sp³-hybridized carbons (Fsp3) is 0.579. The minimum absolute atomic E-state index is 0.0233. The molecule has 1 heterocycles. The number of likely N-dealkylation sites (tertiary alicyclic amines) is 1. The minimum Gasteiger partial charge on any atom is -0.491 e. The number of nitrogens with two attached hydrogens (primary N) is 1. The summed E-state index contributed by atoms with van der Waals surface area (Å²) in [5.74, 6) is 0.481. The first-order chi connectivity index (χ1) is 11.9. The molecule has 0 saturated carbocycles. The van der Waals surface area contributed by atoms with Crippen LogP contribution in [0.1, 0.15) is 29.5 Å². The monoisotopic (exact) mass is 347 g/mol. The zero-order valence-electron chi connectivity index (χ0n) is 15.4. The molecular weight excluding hydrogens is 318 g/mol. The van der Waals surface area contributed by atoms with Gasteiger partial charge in [-0.05, 0) is 51.3 Å². The van der Waals surface area contributed by atoms with Gasteiger partial charge in [0.05, 0.1) is 19.0 Å². The maximum Gasteiger partial charge on any atom is 0.231 e. The van der Waals surface area contributed by atoms with Gasteiger partial charge in [-0.2, -0.15) is 0 Å². The van der Waals surface area contributed by atoms with Crippen LogP contribution in [0.5, 0.6) is 5.75 Å². The van der Waals surface area contributed by atoms with E-state index in [4.69, 9.17) is 10.5 Å². The van der Waals surface area contributed by atoms with Gasteiger partial charge in [0.25, 0.3) is 0 Å². The SMILES string of the molecule is Cc1cc(C)c(OCCNC(=O)C2CCCN(CC(N)=O)C2)c(C)c1. The molecule has 1 atom stereocenters. The topological polar surface area (TPSA) is 84.7 Å². The summed E-state index contributed by atoms with van der Waals surface area (Å²) in [6.45, 7) is 8.67. The summed E-state index contributed by atoms with van der Waals surface area (Å²) < 4.78 is 5.85. The van der Waals surface area contributed by atoms with Crippen molar-refractivity contribution in [1.82, 2.24) is 10.2 Å². The number of carbonyl (C=O) groups excluding carboxylic acids is 2. The second kappa shape index (κ2) is 8.85. The summed E-state index contributed by atoms with van der Waals surface area (Å²) in [6.07, 6.45) is 1.75.